The number of furan rings is 1. The van der Waals surface area contributed by atoms with Gasteiger partial charge in [-0.25, -0.2) is 0 Å². The van der Waals surface area contributed by atoms with E-state index in [0.717, 1.165) is 18.2 Å². The lowest BCUT2D eigenvalue weighted by Gasteiger charge is -2.39. The van der Waals surface area contributed by atoms with Gasteiger partial charge in [0.25, 0.3) is 5.91 Å². The molecule has 100 valence electrons. The number of nitrogens with one attached hydrogen (secondary N) is 1. The molecule has 1 fully saturated rings. The Morgan fingerprint density at radius 1 is 1.67 bits per heavy atom. The lowest BCUT2D eigenvalue weighted by molar-refractivity contribution is 0.0868. The fourth-order valence-electron chi connectivity index (χ4n) is 2.86. The quantitative estimate of drug-likeness (QED) is 0.865. The van der Waals surface area contributed by atoms with Crippen LogP contribution in [-0.2, 0) is 0 Å². The summed E-state index contributed by atoms with van der Waals surface area (Å²) in [6.45, 7) is 4.07. The molecule has 1 amide bonds. The van der Waals surface area contributed by atoms with Crippen molar-refractivity contribution >= 4 is 21.8 Å². The molecule has 18 heavy (non-hydrogen) atoms. The summed E-state index contributed by atoms with van der Waals surface area (Å²) in [6.07, 6.45) is 6.09. The van der Waals surface area contributed by atoms with Crippen LogP contribution in [0.3, 0.4) is 0 Å². The Bertz CT molecular complexity index is 429. The predicted molar refractivity (Wildman–Crippen MR) is 75.1 cm³/mol. The molecule has 0 aliphatic heterocycles. The first-order valence-electron chi connectivity index (χ1n) is 6.49. The fourth-order valence-corrected chi connectivity index (χ4v) is 3.51. The molecule has 3 nitrogen and oxygen atoms in total. The Hall–Kier alpha value is -0.770. The molecule has 0 aromatic carbocycles. The molecule has 1 aromatic rings. The second kappa shape index (κ2) is 5.47. The van der Waals surface area contributed by atoms with Crippen molar-refractivity contribution in [2.75, 3.05) is 5.33 Å². The van der Waals surface area contributed by atoms with E-state index in [1.54, 1.807) is 12.3 Å². The minimum atomic E-state index is -0.0987. The second-order valence-corrected chi connectivity index (χ2v) is 6.02. The van der Waals surface area contributed by atoms with Crippen molar-refractivity contribution in [1.82, 2.24) is 5.32 Å². The van der Waals surface area contributed by atoms with Gasteiger partial charge in [-0.15, -0.1) is 0 Å². The van der Waals surface area contributed by atoms with E-state index >= 15 is 0 Å². The molecule has 2 unspecified atom stereocenters. The largest absolute Gasteiger partial charge is 0.469 e. The van der Waals surface area contributed by atoms with Crippen LogP contribution in [0.5, 0.6) is 0 Å². The van der Waals surface area contributed by atoms with Crippen LogP contribution < -0.4 is 5.32 Å². The molecular weight excluding hydrogens is 294 g/mol. The molecule has 1 heterocycles. The molecular formula is C14H20BrNO2. The summed E-state index contributed by atoms with van der Waals surface area (Å²) in [5.41, 5.74) is 0.548. The molecule has 1 N–H and O–H groups in total. The van der Waals surface area contributed by atoms with Crippen LogP contribution in [-0.4, -0.2) is 16.8 Å². The van der Waals surface area contributed by atoms with Crippen LogP contribution in [0.2, 0.25) is 0 Å². The molecule has 0 spiro atoms. The van der Waals surface area contributed by atoms with Gasteiger partial charge in [-0.2, -0.15) is 0 Å². The highest BCUT2D eigenvalue weighted by molar-refractivity contribution is 9.09. The Balaban J connectivity index is 2.11. The standard InChI is InChI=1S/C14H20BrNO2/c1-10-4-3-6-14(8-10,9-15)16-13(17)12-5-7-18-11(12)2/h5,7,10H,3-4,6,8-9H2,1-2H3,(H,16,17). The molecule has 4 heteroatoms. The first-order chi connectivity index (χ1) is 8.56. The van der Waals surface area contributed by atoms with Gasteiger partial charge in [0.05, 0.1) is 17.4 Å². The number of halogens is 1. The van der Waals surface area contributed by atoms with Crippen molar-refractivity contribution in [2.24, 2.45) is 5.92 Å². The van der Waals surface area contributed by atoms with Crippen LogP contribution in [0.15, 0.2) is 16.7 Å². The molecule has 2 rings (SSSR count). The van der Waals surface area contributed by atoms with Crippen LogP contribution in [0.1, 0.15) is 48.7 Å². The average molecular weight is 314 g/mol. The number of hydrogen-bond acceptors (Lipinski definition) is 2. The molecule has 0 saturated heterocycles. The van der Waals surface area contributed by atoms with E-state index in [9.17, 15) is 4.79 Å². The maximum Gasteiger partial charge on any atom is 0.255 e. The van der Waals surface area contributed by atoms with E-state index in [-0.39, 0.29) is 11.4 Å². The summed E-state index contributed by atoms with van der Waals surface area (Å²) in [5.74, 6) is 1.33. The van der Waals surface area contributed by atoms with Crippen molar-refractivity contribution in [1.29, 1.82) is 0 Å². The third kappa shape index (κ3) is 2.79. The highest BCUT2D eigenvalue weighted by atomic mass is 79.9. The number of alkyl halides is 1. The van der Waals surface area contributed by atoms with E-state index in [0.29, 0.717) is 17.2 Å². The van der Waals surface area contributed by atoms with Gasteiger partial charge in [0.2, 0.25) is 0 Å². The first kappa shape index (κ1) is 13.7. The summed E-state index contributed by atoms with van der Waals surface area (Å²) in [4.78, 5) is 12.3. The minimum Gasteiger partial charge on any atom is -0.469 e. The fraction of sp³-hybridized carbons (Fsp3) is 0.643. The number of carbonyl (C=O) groups is 1. The van der Waals surface area contributed by atoms with E-state index < -0.39 is 0 Å². The van der Waals surface area contributed by atoms with Gasteiger partial charge in [0.1, 0.15) is 5.76 Å². The SMILES string of the molecule is Cc1occc1C(=O)NC1(CBr)CCCC(C)C1. The molecule has 1 saturated carbocycles. The van der Waals surface area contributed by atoms with E-state index in [4.69, 9.17) is 4.42 Å². The Kier molecular flexibility index (Phi) is 4.15. The lowest BCUT2D eigenvalue weighted by Crippen LogP contribution is -2.52. The number of hydrogen-bond donors (Lipinski definition) is 1. The smallest absolute Gasteiger partial charge is 0.255 e. The van der Waals surface area contributed by atoms with Gasteiger partial charge >= 0.3 is 0 Å². The van der Waals surface area contributed by atoms with Gasteiger partial charge in [-0.05, 0) is 31.7 Å². The van der Waals surface area contributed by atoms with Crippen LogP contribution >= 0.6 is 15.9 Å². The van der Waals surface area contributed by atoms with Crippen molar-refractivity contribution in [2.45, 2.75) is 45.1 Å². The minimum absolute atomic E-state index is 0.0187. The zero-order valence-electron chi connectivity index (χ0n) is 11.0. The van der Waals surface area contributed by atoms with Crippen LogP contribution in [0.25, 0.3) is 0 Å². The van der Waals surface area contributed by atoms with E-state index in [1.165, 1.54) is 12.8 Å². The predicted octanol–water partition coefficient (Wildman–Crippen LogP) is 3.66. The zero-order chi connectivity index (χ0) is 13.2. The molecule has 1 aliphatic carbocycles. The molecule has 0 bridgehead atoms. The number of carbonyl (C=O) groups excluding carboxylic acids is 1. The Morgan fingerprint density at radius 2 is 2.44 bits per heavy atom. The lowest BCUT2D eigenvalue weighted by atomic mass is 9.77. The summed E-state index contributed by atoms with van der Waals surface area (Å²) in [7, 11) is 0. The van der Waals surface area contributed by atoms with Gasteiger partial charge in [-0.3, -0.25) is 4.79 Å². The Morgan fingerprint density at radius 3 is 3.00 bits per heavy atom. The monoisotopic (exact) mass is 313 g/mol. The van der Waals surface area contributed by atoms with E-state index in [1.807, 2.05) is 6.92 Å². The highest BCUT2D eigenvalue weighted by Gasteiger charge is 2.35. The molecule has 2 atom stereocenters. The number of aryl methyl sites for hydroxylation is 1. The third-order valence-electron chi connectivity index (χ3n) is 3.83. The number of rotatable bonds is 3. The topological polar surface area (TPSA) is 42.2 Å². The number of amides is 1. The van der Waals surface area contributed by atoms with Crippen LogP contribution in [0.4, 0.5) is 0 Å². The summed E-state index contributed by atoms with van der Waals surface area (Å²) >= 11 is 3.57. The summed E-state index contributed by atoms with van der Waals surface area (Å²) < 4.78 is 5.19. The normalized spacial score (nSPS) is 28.1. The maximum atomic E-state index is 12.3. The molecule has 1 aromatic heterocycles. The van der Waals surface area contributed by atoms with Gasteiger partial charge in [0.15, 0.2) is 0 Å². The van der Waals surface area contributed by atoms with Gasteiger partial charge in [-0.1, -0.05) is 35.7 Å². The third-order valence-corrected chi connectivity index (χ3v) is 4.90. The summed E-state index contributed by atoms with van der Waals surface area (Å²) in [5, 5.41) is 4.02. The van der Waals surface area contributed by atoms with Crippen molar-refractivity contribution in [3.05, 3.63) is 23.7 Å². The summed E-state index contributed by atoms with van der Waals surface area (Å²) in [6, 6.07) is 1.73. The Labute approximate surface area is 116 Å². The zero-order valence-corrected chi connectivity index (χ0v) is 12.5. The van der Waals surface area contributed by atoms with Gasteiger partial charge < -0.3 is 9.73 Å². The average Bonchev–Trinajstić information content (AvgIpc) is 2.75. The van der Waals surface area contributed by atoms with Crippen LogP contribution in [0, 0.1) is 12.8 Å². The first-order valence-corrected chi connectivity index (χ1v) is 7.61. The maximum absolute atomic E-state index is 12.3. The van der Waals surface area contributed by atoms with Crippen molar-refractivity contribution < 1.29 is 9.21 Å². The van der Waals surface area contributed by atoms with Gasteiger partial charge in [0, 0.05) is 5.33 Å². The second-order valence-electron chi connectivity index (χ2n) is 5.46. The molecule has 1 aliphatic rings. The van der Waals surface area contributed by atoms with E-state index in [2.05, 4.69) is 28.2 Å². The highest BCUT2D eigenvalue weighted by Crippen LogP contribution is 2.34. The molecule has 0 radical (unpaired) electrons. The van der Waals surface area contributed by atoms with Crippen molar-refractivity contribution in [3.8, 4) is 0 Å². The van der Waals surface area contributed by atoms with Crippen molar-refractivity contribution in [3.63, 3.8) is 0 Å².